The van der Waals surface area contributed by atoms with Crippen LogP contribution in [-0.4, -0.2) is 119 Å². The van der Waals surface area contributed by atoms with Gasteiger partial charge in [0, 0.05) is 13.0 Å². The van der Waals surface area contributed by atoms with E-state index in [1.807, 2.05) is 4.72 Å². The fraction of sp³-hybridized carbons (Fsp3) is 0.810. The van der Waals surface area contributed by atoms with Crippen LogP contribution in [0.15, 0.2) is 0 Å². The third-order valence-electron chi connectivity index (χ3n) is 6.16. The van der Waals surface area contributed by atoms with Crippen molar-refractivity contribution < 1.29 is 38.1 Å². The molecule has 0 radical (unpaired) electrons. The summed E-state index contributed by atoms with van der Waals surface area (Å²) in [4.78, 5) is 31.4. The Morgan fingerprint density at radius 2 is 1.46 bits per heavy atom. The summed E-state index contributed by atoms with van der Waals surface area (Å²) in [6.45, 7) is 3.11. The molecule has 5 rings (SSSR count). The number of carboxylic acid groups (broad SMARTS) is 2. The van der Waals surface area contributed by atoms with E-state index in [0.717, 1.165) is 57.4 Å². The SMILES string of the molecule is C1CN[C@H](c2nn[nH]n2)C1.CS(=O)(=O)NC(=O)[C@@H]1CCCN1.O=C(O)[C@@H]1CCCN1.O=C(O)[C@@H]1C[C@@H](O)CN1. The monoisotopic (exact) mass is 577 g/mol. The molecule has 4 saturated heterocycles. The number of carboxylic acids is 2. The summed E-state index contributed by atoms with van der Waals surface area (Å²) in [5.41, 5.74) is 0. The predicted octanol–water partition coefficient (Wildman–Crippen LogP) is -2.94. The van der Waals surface area contributed by atoms with E-state index >= 15 is 0 Å². The zero-order chi connectivity index (χ0) is 28.8. The third kappa shape index (κ3) is 12.8. The second-order valence-corrected chi connectivity index (χ2v) is 11.2. The Morgan fingerprint density at radius 1 is 0.872 bits per heavy atom. The number of aliphatic carboxylic acids is 2. The van der Waals surface area contributed by atoms with Crippen molar-refractivity contribution >= 4 is 27.9 Å². The number of aromatic amines is 1. The minimum absolute atomic E-state index is 0.269. The highest BCUT2D eigenvalue weighted by Crippen LogP contribution is 2.17. The molecule has 0 bridgehead atoms. The van der Waals surface area contributed by atoms with E-state index in [4.69, 9.17) is 15.3 Å². The molecule has 39 heavy (non-hydrogen) atoms. The molecule has 4 aliphatic rings. The fourth-order valence-electron chi connectivity index (χ4n) is 4.18. The number of carbonyl (C=O) groups excluding carboxylic acids is 1. The molecule has 0 saturated carbocycles. The van der Waals surface area contributed by atoms with E-state index in [9.17, 15) is 22.8 Å². The maximum atomic E-state index is 11.1. The van der Waals surface area contributed by atoms with Gasteiger partial charge in [-0.1, -0.05) is 5.21 Å². The number of hydrogen-bond donors (Lipinski definition) is 9. The first-order valence-corrected chi connectivity index (χ1v) is 14.7. The van der Waals surface area contributed by atoms with Gasteiger partial charge in [0.25, 0.3) is 5.91 Å². The summed E-state index contributed by atoms with van der Waals surface area (Å²) in [5, 5.41) is 50.9. The van der Waals surface area contributed by atoms with Gasteiger partial charge in [0.1, 0.15) is 12.1 Å². The first-order valence-electron chi connectivity index (χ1n) is 12.8. The highest BCUT2D eigenvalue weighted by molar-refractivity contribution is 7.89. The average molecular weight is 578 g/mol. The van der Waals surface area contributed by atoms with Crippen LogP contribution < -0.4 is 26.0 Å². The standard InChI is InChI=1S/C6H12N2O3S.C5H9N5.C5H9NO3.C5H9NO2/c1-12(10,11)8-6(9)5-3-2-4-7-5;1-2-4(6-3-1)5-7-9-10-8-5;7-3-1-4(5(8)9)6-2-3;7-5(8)4-2-1-3-6-4/h5,7H,2-4H2,1H3,(H,8,9);4,6H,1-3H2,(H,7,8,9,10);3-4,6-7H,1-2H2,(H,8,9);4,6H,1-3H2,(H,7,8)/t5-;4-;3-,4+;4-/m0010/s1. The van der Waals surface area contributed by atoms with Crippen molar-refractivity contribution in [2.24, 2.45) is 0 Å². The molecular weight excluding hydrogens is 538 g/mol. The van der Waals surface area contributed by atoms with Gasteiger partial charge < -0.3 is 36.6 Å². The molecule has 5 atom stereocenters. The number of sulfonamides is 1. The van der Waals surface area contributed by atoms with Gasteiger partial charge in [0.15, 0.2) is 5.82 Å². The van der Waals surface area contributed by atoms with Gasteiger partial charge >= 0.3 is 11.9 Å². The van der Waals surface area contributed by atoms with E-state index < -0.39 is 40.0 Å². The number of aliphatic hydroxyl groups excluding tert-OH is 1. The predicted molar refractivity (Wildman–Crippen MR) is 137 cm³/mol. The highest BCUT2D eigenvalue weighted by atomic mass is 32.2. The zero-order valence-corrected chi connectivity index (χ0v) is 22.6. The van der Waals surface area contributed by atoms with Gasteiger partial charge in [0.05, 0.1) is 24.4 Å². The number of amides is 1. The van der Waals surface area contributed by atoms with Crippen LogP contribution in [0.5, 0.6) is 0 Å². The molecule has 222 valence electrons. The lowest BCUT2D eigenvalue weighted by atomic mass is 10.2. The lowest BCUT2D eigenvalue weighted by Crippen LogP contribution is -2.42. The van der Waals surface area contributed by atoms with Gasteiger partial charge in [0.2, 0.25) is 10.0 Å². The highest BCUT2D eigenvalue weighted by Gasteiger charge is 2.27. The molecule has 1 aromatic rings. The molecule has 4 aliphatic heterocycles. The van der Waals surface area contributed by atoms with Crippen molar-refractivity contribution in [3.8, 4) is 0 Å². The minimum atomic E-state index is -3.40. The van der Waals surface area contributed by atoms with E-state index in [-0.39, 0.29) is 12.1 Å². The Hall–Kier alpha value is -2.77. The Kier molecular flexibility index (Phi) is 13.6. The van der Waals surface area contributed by atoms with Crippen molar-refractivity contribution in [3.05, 3.63) is 5.82 Å². The van der Waals surface area contributed by atoms with E-state index in [2.05, 4.69) is 41.9 Å². The van der Waals surface area contributed by atoms with Crippen LogP contribution in [-0.2, 0) is 24.4 Å². The quantitative estimate of drug-likeness (QED) is 0.169. The van der Waals surface area contributed by atoms with Crippen LogP contribution >= 0.6 is 0 Å². The number of carbonyl (C=O) groups is 3. The summed E-state index contributed by atoms with van der Waals surface area (Å²) in [6, 6.07) is -0.812. The first-order chi connectivity index (χ1) is 18.5. The van der Waals surface area contributed by atoms with Gasteiger partial charge in [-0.3, -0.25) is 19.1 Å². The molecule has 0 spiro atoms. The first kappa shape index (κ1) is 32.4. The number of nitrogens with one attached hydrogen (secondary N) is 6. The van der Waals surface area contributed by atoms with Crippen LogP contribution in [0.2, 0.25) is 0 Å². The molecule has 18 heteroatoms. The van der Waals surface area contributed by atoms with E-state index in [1.165, 1.54) is 6.42 Å². The third-order valence-corrected chi connectivity index (χ3v) is 6.73. The Labute approximate surface area is 226 Å². The van der Waals surface area contributed by atoms with Crippen molar-refractivity contribution in [2.45, 2.75) is 75.2 Å². The van der Waals surface area contributed by atoms with Crippen LogP contribution in [0.3, 0.4) is 0 Å². The number of nitrogens with zero attached hydrogens (tertiary/aromatic N) is 3. The number of β-amino-alcohol motifs (C(OH)–C–C–N with tert-alkyl or cyclic N) is 1. The Balaban J connectivity index is 0.000000184. The lowest BCUT2D eigenvalue weighted by Gasteiger charge is -2.08. The molecule has 17 nitrogen and oxygen atoms in total. The number of rotatable bonds is 5. The largest absolute Gasteiger partial charge is 0.480 e. The Bertz CT molecular complexity index is 993. The molecule has 0 aliphatic carbocycles. The summed E-state index contributed by atoms with van der Waals surface area (Å²) < 4.78 is 23.2. The number of hydrogen-bond acceptors (Lipinski definition) is 13. The normalized spacial score (nSPS) is 27.7. The number of aliphatic hydroxyl groups is 1. The Morgan fingerprint density at radius 3 is 1.82 bits per heavy atom. The van der Waals surface area contributed by atoms with Gasteiger partial charge in [-0.05, 0) is 58.2 Å². The second kappa shape index (κ2) is 16.4. The van der Waals surface area contributed by atoms with Gasteiger partial charge in [-0.2, -0.15) is 5.21 Å². The number of aromatic nitrogens is 4. The molecule has 1 amide bonds. The molecular formula is C21H39N9O8S. The molecule has 1 aromatic heterocycles. The van der Waals surface area contributed by atoms with Crippen molar-refractivity contribution in [1.29, 1.82) is 0 Å². The average Bonchev–Trinajstić information content (AvgIpc) is 3.71. The maximum Gasteiger partial charge on any atom is 0.320 e. The van der Waals surface area contributed by atoms with E-state index in [0.29, 0.717) is 25.4 Å². The van der Waals surface area contributed by atoms with Gasteiger partial charge in [-0.25, -0.2) is 8.42 Å². The number of H-pyrrole nitrogens is 1. The second-order valence-electron chi connectivity index (χ2n) is 9.48. The van der Waals surface area contributed by atoms with Crippen LogP contribution in [0.4, 0.5) is 0 Å². The van der Waals surface area contributed by atoms with Crippen molar-refractivity contribution in [3.63, 3.8) is 0 Å². The lowest BCUT2D eigenvalue weighted by molar-refractivity contribution is -0.140. The van der Waals surface area contributed by atoms with Crippen LogP contribution in [0.25, 0.3) is 0 Å². The number of tetrazole rings is 1. The van der Waals surface area contributed by atoms with Crippen molar-refractivity contribution in [2.75, 3.05) is 32.4 Å². The summed E-state index contributed by atoms with van der Waals surface area (Å²) in [7, 11) is -3.40. The van der Waals surface area contributed by atoms with Gasteiger partial charge in [-0.15, -0.1) is 10.2 Å². The van der Waals surface area contributed by atoms with Crippen LogP contribution in [0.1, 0.15) is 56.8 Å². The topological polar surface area (TPSA) is 261 Å². The molecule has 5 heterocycles. The smallest absolute Gasteiger partial charge is 0.320 e. The van der Waals surface area contributed by atoms with E-state index in [1.54, 1.807) is 0 Å². The summed E-state index contributed by atoms with van der Waals surface area (Å²) in [6.07, 6.45) is 6.56. The minimum Gasteiger partial charge on any atom is -0.480 e. The summed E-state index contributed by atoms with van der Waals surface area (Å²) in [5.74, 6) is -1.26. The fourth-order valence-corrected chi connectivity index (χ4v) is 4.69. The molecule has 4 fully saturated rings. The molecule has 9 N–H and O–H groups in total. The summed E-state index contributed by atoms with van der Waals surface area (Å²) >= 11 is 0. The maximum absolute atomic E-state index is 11.1. The molecule has 0 aromatic carbocycles. The van der Waals surface area contributed by atoms with Crippen molar-refractivity contribution in [1.82, 2.24) is 46.6 Å². The zero-order valence-electron chi connectivity index (χ0n) is 21.8. The molecule has 0 unspecified atom stereocenters. The van der Waals surface area contributed by atoms with Crippen LogP contribution in [0, 0.1) is 0 Å².